The predicted octanol–water partition coefficient (Wildman–Crippen LogP) is 8.00. The van der Waals surface area contributed by atoms with E-state index in [0.29, 0.717) is 9.79 Å². The Morgan fingerprint density at radius 1 is 0.500 bits per heavy atom. The largest absolute Gasteiger partial charge is 0.507 e. The van der Waals surface area contributed by atoms with Gasteiger partial charge in [-0.05, 0) is 60.7 Å². The topological polar surface area (TPSA) is 80.9 Å². The molecule has 4 N–H and O–H groups in total. The van der Waals surface area contributed by atoms with E-state index in [9.17, 15) is 20.4 Å². The van der Waals surface area contributed by atoms with Crippen LogP contribution in [0.2, 0.25) is 0 Å². The molecule has 0 radical (unpaired) electrons. The molecule has 32 heavy (non-hydrogen) atoms. The van der Waals surface area contributed by atoms with Gasteiger partial charge in [-0.3, -0.25) is 0 Å². The number of hydrogen-bond donors (Lipinski definition) is 4. The van der Waals surface area contributed by atoms with Crippen LogP contribution in [0.3, 0.4) is 0 Å². The van der Waals surface area contributed by atoms with Crippen molar-refractivity contribution in [3.05, 3.63) is 81.7 Å². The first-order valence-electron chi connectivity index (χ1n) is 9.29. The molecule has 0 bridgehead atoms. The zero-order valence-corrected chi connectivity index (χ0v) is 21.1. The molecule has 4 rings (SSSR count). The van der Waals surface area contributed by atoms with Crippen LogP contribution in [0.25, 0.3) is 11.1 Å². The zero-order valence-electron chi connectivity index (χ0n) is 16.3. The first-order chi connectivity index (χ1) is 15.3. The number of halogens is 2. The van der Waals surface area contributed by atoms with Crippen LogP contribution in [0, 0.1) is 0 Å². The maximum Gasteiger partial charge on any atom is 0.130 e. The summed E-state index contributed by atoms with van der Waals surface area (Å²) in [5.74, 6) is -0.340. The van der Waals surface area contributed by atoms with Crippen molar-refractivity contribution >= 4 is 55.4 Å². The van der Waals surface area contributed by atoms with Crippen LogP contribution in [0.1, 0.15) is 0 Å². The maximum absolute atomic E-state index is 10.6. The van der Waals surface area contributed by atoms with Gasteiger partial charge in [0.2, 0.25) is 0 Å². The molecule has 0 saturated heterocycles. The highest BCUT2D eigenvalue weighted by molar-refractivity contribution is 9.10. The van der Waals surface area contributed by atoms with Crippen molar-refractivity contribution in [2.24, 2.45) is 0 Å². The highest BCUT2D eigenvalue weighted by Crippen LogP contribution is 2.47. The lowest BCUT2D eigenvalue weighted by molar-refractivity contribution is 0.444. The predicted molar refractivity (Wildman–Crippen MR) is 135 cm³/mol. The second-order valence-corrected chi connectivity index (χ2v) is 10.9. The van der Waals surface area contributed by atoms with E-state index in [0.717, 1.165) is 18.7 Å². The monoisotopic (exact) mass is 590 g/mol. The van der Waals surface area contributed by atoms with Crippen LogP contribution in [-0.4, -0.2) is 20.4 Å². The summed E-state index contributed by atoms with van der Waals surface area (Å²) in [4.78, 5) is 2.71. The summed E-state index contributed by atoms with van der Waals surface area (Å²) in [6, 6.07) is 20.8. The molecule has 0 aliphatic rings. The Labute approximate surface area is 210 Å². The van der Waals surface area contributed by atoms with E-state index in [1.807, 2.05) is 48.5 Å². The molecule has 0 unspecified atom stereocenters. The van der Waals surface area contributed by atoms with E-state index in [1.54, 1.807) is 0 Å². The van der Waals surface area contributed by atoms with Gasteiger partial charge in [0.05, 0.1) is 9.79 Å². The standard InChI is InChI=1S/C24H16Br2O4S2/c25-13-3-1-5-15(7-13)31-23-11-19(27)17(9-21(23)29)18-10-22(30)24(12-20(18)28)32-16-6-2-4-14(26)8-16/h1-12,27-30H. The highest BCUT2D eigenvalue weighted by atomic mass is 79.9. The zero-order chi connectivity index (χ0) is 22.8. The van der Waals surface area contributed by atoms with Crippen LogP contribution in [-0.2, 0) is 0 Å². The average molecular weight is 592 g/mol. The minimum atomic E-state index is -0.123. The van der Waals surface area contributed by atoms with Crippen molar-refractivity contribution in [1.29, 1.82) is 0 Å². The molecule has 0 aliphatic carbocycles. The molecule has 0 aliphatic heterocycles. The molecule has 0 saturated carbocycles. The van der Waals surface area contributed by atoms with Crippen molar-refractivity contribution in [3.8, 4) is 34.1 Å². The van der Waals surface area contributed by atoms with Crippen LogP contribution in [0.5, 0.6) is 23.0 Å². The maximum atomic E-state index is 10.6. The Balaban J connectivity index is 1.66. The third-order valence-electron chi connectivity index (χ3n) is 4.49. The summed E-state index contributed by atoms with van der Waals surface area (Å²) in [6.07, 6.45) is 0. The number of phenolic OH excluding ortho intramolecular Hbond substituents is 4. The number of rotatable bonds is 5. The van der Waals surface area contributed by atoms with E-state index in [2.05, 4.69) is 31.9 Å². The third-order valence-corrected chi connectivity index (χ3v) is 7.55. The molecule has 0 aromatic heterocycles. The van der Waals surface area contributed by atoms with Crippen LogP contribution in [0.15, 0.2) is 101 Å². The fourth-order valence-electron chi connectivity index (χ4n) is 3.03. The van der Waals surface area contributed by atoms with Gasteiger partial charge in [0.1, 0.15) is 23.0 Å². The van der Waals surface area contributed by atoms with Crippen LogP contribution >= 0.6 is 55.4 Å². The molecular weight excluding hydrogens is 576 g/mol. The van der Waals surface area contributed by atoms with Crippen molar-refractivity contribution in [1.82, 2.24) is 0 Å². The van der Waals surface area contributed by atoms with Crippen molar-refractivity contribution in [3.63, 3.8) is 0 Å². The molecule has 8 heteroatoms. The Morgan fingerprint density at radius 3 is 1.28 bits per heavy atom. The lowest BCUT2D eigenvalue weighted by atomic mass is 10.0. The third kappa shape index (κ3) is 5.20. The number of aromatic hydroxyl groups is 4. The van der Waals surface area contributed by atoms with Crippen molar-refractivity contribution in [2.75, 3.05) is 0 Å². The molecule has 0 spiro atoms. The van der Waals surface area contributed by atoms with E-state index in [4.69, 9.17) is 0 Å². The van der Waals surface area contributed by atoms with Crippen LogP contribution in [0.4, 0.5) is 0 Å². The van der Waals surface area contributed by atoms with Gasteiger partial charge in [-0.15, -0.1) is 0 Å². The van der Waals surface area contributed by atoms with Crippen LogP contribution < -0.4 is 0 Å². The molecular formula is C24H16Br2O4S2. The Bertz CT molecular complexity index is 1210. The average Bonchev–Trinajstić information content (AvgIpc) is 2.73. The summed E-state index contributed by atoms with van der Waals surface area (Å²) in [5.41, 5.74) is 0.431. The number of phenols is 4. The fourth-order valence-corrected chi connectivity index (χ4v) is 5.97. The Hall–Kier alpha value is -2.26. The quantitative estimate of drug-likeness (QED) is 0.176. The second-order valence-electron chi connectivity index (χ2n) is 6.79. The van der Waals surface area contributed by atoms with Crippen molar-refractivity contribution < 1.29 is 20.4 Å². The first kappa shape index (κ1) is 22.9. The summed E-state index contributed by atoms with van der Waals surface area (Å²) in [5, 5.41) is 42.3. The molecule has 4 aromatic carbocycles. The van der Waals surface area contributed by atoms with Gasteiger partial charge < -0.3 is 20.4 Å². The minimum absolute atomic E-state index is 0.0470. The SMILES string of the molecule is Oc1cc(-c2cc(O)c(Sc3cccc(Br)c3)cc2O)c(O)cc1Sc1cccc(Br)c1. The highest BCUT2D eigenvalue weighted by Gasteiger charge is 2.17. The number of benzene rings is 4. The van der Waals surface area contributed by atoms with E-state index < -0.39 is 0 Å². The molecule has 0 amide bonds. The molecule has 4 nitrogen and oxygen atoms in total. The van der Waals surface area contributed by atoms with Gasteiger partial charge in [0.25, 0.3) is 0 Å². The summed E-state index contributed by atoms with van der Waals surface area (Å²) < 4.78 is 1.81. The lowest BCUT2D eigenvalue weighted by Gasteiger charge is -2.13. The number of hydrogen-bond acceptors (Lipinski definition) is 6. The molecule has 162 valence electrons. The van der Waals surface area contributed by atoms with Gasteiger partial charge in [0.15, 0.2) is 0 Å². The lowest BCUT2D eigenvalue weighted by Crippen LogP contribution is -1.86. The normalized spacial score (nSPS) is 10.9. The van der Waals surface area contributed by atoms with Gasteiger partial charge >= 0.3 is 0 Å². The van der Waals surface area contributed by atoms with E-state index >= 15 is 0 Å². The fraction of sp³-hybridized carbons (Fsp3) is 0. The minimum Gasteiger partial charge on any atom is -0.507 e. The summed E-state index contributed by atoms with van der Waals surface area (Å²) >= 11 is 9.43. The van der Waals surface area contributed by atoms with Crippen molar-refractivity contribution in [2.45, 2.75) is 19.6 Å². The van der Waals surface area contributed by atoms with Gasteiger partial charge in [-0.1, -0.05) is 67.5 Å². The van der Waals surface area contributed by atoms with Gasteiger partial charge in [0, 0.05) is 29.9 Å². The smallest absolute Gasteiger partial charge is 0.130 e. The van der Waals surface area contributed by atoms with E-state index in [1.165, 1.54) is 47.8 Å². The second kappa shape index (κ2) is 9.70. The van der Waals surface area contributed by atoms with Gasteiger partial charge in [-0.2, -0.15) is 0 Å². The Morgan fingerprint density at radius 2 is 0.906 bits per heavy atom. The molecule has 0 heterocycles. The first-order valence-corrected chi connectivity index (χ1v) is 12.5. The summed E-state index contributed by atoms with van der Waals surface area (Å²) in [7, 11) is 0. The van der Waals surface area contributed by atoms with E-state index in [-0.39, 0.29) is 34.1 Å². The Kier molecular flexibility index (Phi) is 6.95. The molecule has 0 fully saturated rings. The van der Waals surface area contributed by atoms with Gasteiger partial charge in [-0.25, -0.2) is 0 Å². The molecule has 0 atom stereocenters. The molecule has 4 aromatic rings. The summed E-state index contributed by atoms with van der Waals surface area (Å²) in [6.45, 7) is 0.